The van der Waals surface area contributed by atoms with Crippen molar-refractivity contribution in [3.05, 3.63) is 35.9 Å². The molecule has 0 bridgehead atoms. The lowest BCUT2D eigenvalue weighted by molar-refractivity contribution is -0.142. The van der Waals surface area contributed by atoms with Gasteiger partial charge in [0.05, 0.1) is 12.5 Å². The first-order valence-corrected chi connectivity index (χ1v) is 5.69. The van der Waals surface area contributed by atoms with Gasteiger partial charge in [-0.05, 0) is 5.56 Å². The highest BCUT2D eigenvalue weighted by Crippen LogP contribution is 2.00. The number of hydrogen-bond acceptors (Lipinski definition) is 5. The lowest BCUT2D eigenvalue weighted by Gasteiger charge is -2.06. The molecule has 19 heavy (non-hydrogen) atoms. The third kappa shape index (κ3) is 6.68. The molecule has 0 atom stereocenters. The normalized spacial score (nSPS) is 9.21. The average molecular weight is 262 g/mol. The average Bonchev–Trinajstić information content (AvgIpc) is 2.44. The van der Waals surface area contributed by atoms with Crippen LogP contribution in [0.15, 0.2) is 30.3 Å². The van der Waals surface area contributed by atoms with Gasteiger partial charge in [0.25, 0.3) is 0 Å². The molecule has 0 fully saturated rings. The summed E-state index contributed by atoms with van der Waals surface area (Å²) in [7, 11) is 0. The quantitative estimate of drug-likeness (QED) is 0.617. The molecule has 0 spiro atoms. The number of rotatable bonds is 6. The fourth-order valence-electron chi connectivity index (χ4n) is 1.18. The molecule has 1 aromatic rings. The zero-order valence-corrected chi connectivity index (χ0v) is 10.3. The number of esters is 1. The molecule has 1 aromatic carbocycles. The molecule has 6 heteroatoms. The van der Waals surface area contributed by atoms with Gasteiger partial charge in [-0.2, -0.15) is 5.26 Å². The SMILES string of the molecule is N#CCCOC(=O)CNC(=O)OCc1ccccc1. The molecular weight excluding hydrogens is 248 g/mol. The molecule has 1 amide bonds. The van der Waals surface area contributed by atoms with Crippen LogP contribution in [0.25, 0.3) is 0 Å². The van der Waals surface area contributed by atoms with Crippen molar-refractivity contribution >= 4 is 12.1 Å². The second kappa shape index (κ2) is 8.53. The molecule has 1 rings (SSSR count). The van der Waals surface area contributed by atoms with Crippen LogP contribution in [0.5, 0.6) is 0 Å². The van der Waals surface area contributed by atoms with Gasteiger partial charge in [0.2, 0.25) is 0 Å². The van der Waals surface area contributed by atoms with Crippen LogP contribution in [-0.2, 0) is 20.9 Å². The number of hydrogen-bond donors (Lipinski definition) is 1. The fourth-order valence-corrected chi connectivity index (χ4v) is 1.18. The number of alkyl carbamates (subject to hydrolysis) is 1. The molecule has 0 aromatic heterocycles. The van der Waals surface area contributed by atoms with E-state index in [4.69, 9.17) is 10.00 Å². The number of nitriles is 1. The van der Waals surface area contributed by atoms with E-state index in [0.29, 0.717) is 0 Å². The van der Waals surface area contributed by atoms with Gasteiger partial charge in [0, 0.05) is 0 Å². The summed E-state index contributed by atoms with van der Waals surface area (Å²) in [6, 6.07) is 11.0. The minimum atomic E-state index is -0.693. The zero-order valence-electron chi connectivity index (χ0n) is 10.3. The van der Waals surface area contributed by atoms with Crippen molar-refractivity contribution in [1.82, 2.24) is 5.32 Å². The molecule has 0 aliphatic rings. The van der Waals surface area contributed by atoms with Crippen molar-refractivity contribution in [2.24, 2.45) is 0 Å². The van der Waals surface area contributed by atoms with Crippen molar-refractivity contribution in [2.45, 2.75) is 13.0 Å². The molecule has 0 radical (unpaired) electrons. The number of carbonyl (C=O) groups is 2. The van der Waals surface area contributed by atoms with Crippen LogP contribution < -0.4 is 5.32 Å². The van der Waals surface area contributed by atoms with E-state index in [0.717, 1.165) is 5.56 Å². The van der Waals surface area contributed by atoms with Gasteiger partial charge in [-0.3, -0.25) is 4.79 Å². The van der Waals surface area contributed by atoms with Crippen molar-refractivity contribution in [3.63, 3.8) is 0 Å². The molecule has 0 aliphatic heterocycles. The largest absolute Gasteiger partial charge is 0.463 e. The molecule has 0 heterocycles. The number of ether oxygens (including phenoxy) is 2. The minimum Gasteiger partial charge on any atom is -0.463 e. The van der Waals surface area contributed by atoms with Crippen LogP contribution in [0.3, 0.4) is 0 Å². The van der Waals surface area contributed by atoms with Gasteiger partial charge in [-0.15, -0.1) is 0 Å². The minimum absolute atomic E-state index is 0.0239. The lowest BCUT2D eigenvalue weighted by atomic mass is 10.2. The molecule has 1 N–H and O–H groups in total. The van der Waals surface area contributed by atoms with E-state index < -0.39 is 12.1 Å². The second-order valence-electron chi connectivity index (χ2n) is 3.54. The van der Waals surface area contributed by atoms with Crippen LogP contribution in [0.4, 0.5) is 4.79 Å². The van der Waals surface area contributed by atoms with Gasteiger partial charge in [-0.1, -0.05) is 30.3 Å². The Morgan fingerprint density at radius 1 is 1.21 bits per heavy atom. The van der Waals surface area contributed by atoms with Gasteiger partial charge in [0.15, 0.2) is 0 Å². The van der Waals surface area contributed by atoms with E-state index in [1.54, 1.807) is 0 Å². The molecule has 0 saturated heterocycles. The third-order valence-electron chi connectivity index (χ3n) is 2.07. The van der Waals surface area contributed by atoms with Crippen molar-refractivity contribution in [1.29, 1.82) is 5.26 Å². The highest BCUT2D eigenvalue weighted by Gasteiger charge is 2.07. The Kier molecular flexibility index (Phi) is 6.51. The standard InChI is InChI=1S/C13H14N2O4/c14-7-4-8-18-12(16)9-15-13(17)19-10-11-5-2-1-3-6-11/h1-3,5-6H,4,8-10H2,(H,15,17). The summed E-state index contributed by atoms with van der Waals surface area (Å²) in [6.45, 7) is -0.120. The Morgan fingerprint density at radius 3 is 2.63 bits per heavy atom. The molecule has 0 saturated carbocycles. The summed E-state index contributed by atoms with van der Waals surface area (Å²) in [5.41, 5.74) is 0.856. The highest BCUT2D eigenvalue weighted by atomic mass is 16.6. The summed E-state index contributed by atoms with van der Waals surface area (Å²) < 4.78 is 9.56. The third-order valence-corrected chi connectivity index (χ3v) is 2.07. The Morgan fingerprint density at radius 2 is 1.95 bits per heavy atom. The topological polar surface area (TPSA) is 88.4 Å². The van der Waals surface area contributed by atoms with E-state index in [1.807, 2.05) is 36.4 Å². The molecule has 6 nitrogen and oxygen atoms in total. The summed E-state index contributed by atoms with van der Waals surface area (Å²) in [5.74, 6) is -0.605. The van der Waals surface area contributed by atoms with Crippen molar-refractivity contribution in [3.8, 4) is 6.07 Å². The van der Waals surface area contributed by atoms with Crippen LogP contribution >= 0.6 is 0 Å². The Bertz CT molecular complexity index is 453. The maximum atomic E-state index is 11.3. The first kappa shape index (κ1) is 14.5. The first-order valence-electron chi connectivity index (χ1n) is 5.69. The number of nitrogens with one attached hydrogen (secondary N) is 1. The molecule has 0 unspecified atom stereocenters. The summed E-state index contributed by atoms with van der Waals surface area (Å²) in [5, 5.41) is 10.5. The van der Waals surface area contributed by atoms with Gasteiger partial charge in [-0.25, -0.2) is 4.79 Å². The van der Waals surface area contributed by atoms with Crippen LogP contribution in [0, 0.1) is 11.3 Å². The van der Waals surface area contributed by atoms with Crippen LogP contribution in [0.2, 0.25) is 0 Å². The van der Waals surface area contributed by atoms with E-state index in [9.17, 15) is 9.59 Å². The van der Waals surface area contributed by atoms with E-state index in [-0.39, 0.29) is 26.2 Å². The van der Waals surface area contributed by atoms with Gasteiger partial charge in [0.1, 0.15) is 19.8 Å². The van der Waals surface area contributed by atoms with E-state index >= 15 is 0 Å². The molecular formula is C13H14N2O4. The van der Waals surface area contributed by atoms with Crippen LogP contribution in [-0.4, -0.2) is 25.2 Å². The maximum absolute atomic E-state index is 11.3. The summed E-state index contributed by atoms with van der Waals surface area (Å²) in [6.07, 6.45) is -0.564. The molecule has 0 aliphatic carbocycles. The fraction of sp³-hybridized carbons (Fsp3) is 0.308. The predicted octanol–water partition coefficient (Wildman–Crippen LogP) is 1.37. The maximum Gasteiger partial charge on any atom is 0.407 e. The smallest absolute Gasteiger partial charge is 0.407 e. The Labute approximate surface area is 110 Å². The van der Waals surface area contributed by atoms with Crippen molar-refractivity contribution in [2.75, 3.05) is 13.2 Å². The van der Waals surface area contributed by atoms with E-state index in [2.05, 4.69) is 10.1 Å². The van der Waals surface area contributed by atoms with E-state index in [1.165, 1.54) is 0 Å². The lowest BCUT2D eigenvalue weighted by Crippen LogP contribution is -2.31. The number of benzene rings is 1. The first-order chi connectivity index (χ1) is 9.22. The summed E-state index contributed by atoms with van der Waals surface area (Å²) in [4.78, 5) is 22.4. The monoisotopic (exact) mass is 262 g/mol. The van der Waals surface area contributed by atoms with Crippen LogP contribution in [0.1, 0.15) is 12.0 Å². The summed E-state index contributed by atoms with van der Waals surface area (Å²) >= 11 is 0. The second-order valence-corrected chi connectivity index (χ2v) is 3.54. The Hall–Kier alpha value is -2.55. The molecule has 100 valence electrons. The van der Waals surface area contributed by atoms with Gasteiger partial charge < -0.3 is 14.8 Å². The number of amides is 1. The highest BCUT2D eigenvalue weighted by molar-refractivity contribution is 5.77. The van der Waals surface area contributed by atoms with Crippen molar-refractivity contribution < 1.29 is 19.1 Å². The number of carbonyl (C=O) groups excluding carboxylic acids is 2. The zero-order chi connectivity index (χ0) is 13.9. The predicted molar refractivity (Wildman–Crippen MR) is 65.8 cm³/mol. The Balaban J connectivity index is 2.14. The number of nitrogens with zero attached hydrogens (tertiary/aromatic N) is 1. The van der Waals surface area contributed by atoms with Gasteiger partial charge >= 0.3 is 12.1 Å².